The minimum absolute atomic E-state index is 0. The highest BCUT2D eigenvalue weighted by atomic mass is 16.1. The second-order valence-electron chi connectivity index (χ2n) is 3.69. The molecule has 0 atom stereocenters. The standard InChI is InChI=1S/C5H9NO.C4H11N/c1-3-4(2)5(6)7;1-4(2,3)5/h2-3H2,1H3,(H2,6,7);5H2,1-3H3. The van der Waals surface area contributed by atoms with E-state index in [0.29, 0.717) is 12.0 Å². The number of rotatable bonds is 2. The quantitative estimate of drug-likeness (QED) is 0.614. The predicted octanol–water partition coefficient (Wildman–Crippen LogP) is 1.18. The zero-order chi connectivity index (χ0) is 10.4. The van der Waals surface area contributed by atoms with E-state index in [0.717, 1.165) is 0 Å². The topological polar surface area (TPSA) is 69.1 Å². The van der Waals surface area contributed by atoms with E-state index >= 15 is 0 Å². The summed E-state index contributed by atoms with van der Waals surface area (Å²) in [6.45, 7) is 11.1. The molecule has 0 aromatic heterocycles. The van der Waals surface area contributed by atoms with Crippen LogP contribution in [0, 0.1) is 0 Å². The van der Waals surface area contributed by atoms with Crippen LogP contribution in [0.4, 0.5) is 0 Å². The molecule has 0 bridgehead atoms. The van der Waals surface area contributed by atoms with Gasteiger partial charge in [-0.15, -0.1) is 0 Å². The van der Waals surface area contributed by atoms with Gasteiger partial charge in [0.05, 0.1) is 0 Å². The second-order valence-corrected chi connectivity index (χ2v) is 3.69. The Labute approximate surface area is 74.8 Å². The molecule has 0 radical (unpaired) electrons. The van der Waals surface area contributed by atoms with Gasteiger partial charge in [0, 0.05) is 11.1 Å². The molecular formula is C9H20N2O. The van der Waals surface area contributed by atoms with Crippen LogP contribution in [0.15, 0.2) is 12.2 Å². The number of amides is 1. The maximum Gasteiger partial charge on any atom is 0.244 e. The lowest BCUT2D eigenvalue weighted by Gasteiger charge is -2.06. The molecule has 0 spiro atoms. The Morgan fingerprint density at radius 3 is 1.67 bits per heavy atom. The zero-order valence-electron chi connectivity index (χ0n) is 8.48. The first kappa shape index (κ1) is 13.7. The van der Waals surface area contributed by atoms with Gasteiger partial charge in [0.2, 0.25) is 5.91 Å². The van der Waals surface area contributed by atoms with Gasteiger partial charge in [0.15, 0.2) is 0 Å². The highest BCUT2D eigenvalue weighted by Crippen LogP contribution is 1.91. The molecule has 0 aromatic rings. The van der Waals surface area contributed by atoms with Gasteiger partial charge in [-0.2, -0.15) is 0 Å². The van der Waals surface area contributed by atoms with Crippen LogP contribution in [-0.2, 0) is 4.79 Å². The third kappa shape index (κ3) is 22.9. The third-order valence-electron chi connectivity index (χ3n) is 0.775. The summed E-state index contributed by atoms with van der Waals surface area (Å²) in [5.41, 5.74) is 10.6. The summed E-state index contributed by atoms with van der Waals surface area (Å²) in [4.78, 5) is 10.1. The molecule has 4 N–H and O–H groups in total. The molecule has 0 aliphatic heterocycles. The minimum atomic E-state index is -0.400. The van der Waals surface area contributed by atoms with E-state index in [-0.39, 0.29) is 5.54 Å². The molecule has 0 aromatic carbocycles. The molecule has 3 nitrogen and oxygen atoms in total. The molecule has 0 fully saturated rings. The van der Waals surface area contributed by atoms with Crippen molar-refractivity contribution in [2.45, 2.75) is 39.7 Å². The number of carbonyl (C=O) groups excluding carboxylic acids is 1. The van der Waals surface area contributed by atoms with Crippen LogP contribution >= 0.6 is 0 Å². The van der Waals surface area contributed by atoms with Gasteiger partial charge in [-0.25, -0.2) is 0 Å². The van der Waals surface area contributed by atoms with Crippen molar-refractivity contribution in [3.8, 4) is 0 Å². The summed E-state index contributed by atoms with van der Waals surface area (Å²) in [6, 6.07) is 0. The lowest BCUT2D eigenvalue weighted by Crippen LogP contribution is -2.26. The fraction of sp³-hybridized carbons (Fsp3) is 0.667. The van der Waals surface area contributed by atoms with Crippen molar-refractivity contribution in [2.24, 2.45) is 11.5 Å². The first-order valence-electron chi connectivity index (χ1n) is 3.95. The zero-order valence-corrected chi connectivity index (χ0v) is 8.48. The van der Waals surface area contributed by atoms with E-state index in [9.17, 15) is 4.79 Å². The molecule has 0 saturated carbocycles. The van der Waals surface area contributed by atoms with Crippen LogP contribution in [0.25, 0.3) is 0 Å². The number of hydrogen-bond acceptors (Lipinski definition) is 2. The Morgan fingerprint density at radius 2 is 1.67 bits per heavy atom. The minimum Gasteiger partial charge on any atom is -0.366 e. The van der Waals surface area contributed by atoms with Crippen molar-refractivity contribution in [1.82, 2.24) is 0 Å². The van der Waals surface area contributed by atoms with Gasteiger partial charge in [-0.05, 0) is 27.2 Å². The Kier molecular flexibility index (Phi) is 6.61. The van der Waals surface area contributed by atoms with E-state index in [4.69, 9.17) is 11.5 Å². The fourth-order valence-corrected chi connectivity index (χ4v) is 0.174. The van der Waals surface area contributed by atoms with E-state index in [1.165, 1.54) is 0 Å². The average Bonchev–Trinajstić information content (AvgIpc) is 1.82. The van der Waals surface area contributed by atoms with Crippen LogP contribution in [0.2, 0.25) is 0 Å². The SMILES string of the molecule is C=C(CC)C(N)=O.CC(C)(C)N. The molecule has 72 valence electrons. The van der Waals surface area contributed by atoms with Crippen LogP contribution in [0.1, 0.15) is 34.1 Å². The van der Waals surface area contributed by atoms with Gasteiger partial charge in [0.25, 0.3) is 0 Å². The summed E-state index contributed by atoms with van der Waals surface area (Å²) in [5, 5.41) is 0. The van der Waals surface area contributed by atoms with Crippen LogP contribution in [-0.4, -0.2) is 11.4 Å². The van der Waals surface area contributed by atoms with Gasteiger partial charge in [-0.3, -0.25) is 4.79 Å². The Balaban J connectivity index is 0. The van der Waals surface area contributed by atoms with Crippen LogP contribution in [0.3, 0.4) is 0 Å². The highest BCUT2D eigenvalue weighted by Gasteiger charge is 1.95. The lowest BCUT2D eigenvalue weighted by molar-refractivity contribution is -0.114. The molecule has 0 unspecified atom stereocenters. The maximum atomic E-state index is 10.1. The van der Waals surface area contributed by atoms with E-state index < -0.39 is 5.91 Å². The maximum absolute atomic E-state index is 10.1. The van der Waals surface area contributed by atoms with Crippen LogP contribution < -0.4 is 11.5 Å². The average molecular weight is 172 g/mol. The third-order valence-corrected chi connectivity index (χ3v) is 0.775. The molecule has 1 amide bonds. The predicted molar refractivity (Wildman–Crippen MR) is 52.6 cm³/mol. The number of nitrogens with two attached hydrogens (primary N) is 2. The van der Waals surface area contributed by atoms with Gasteiger partial charge < -0.3 is 11.5 Å². The van der Waals surface area contributed by atoms with E-state index in [1.807, 2.05) is 27.7 Å². The molecule has 12 heavy (non-hydrogen) atoms. The first-order valence-corrected chi connectivity index (χ1v) is 3.95. The molecule has 0 heterocycles. The summed E-state index contributed by atoms with van der Waals surface area (Å²) in [7, 11) is 0. The van der Waals surface area contributed by atoms with Crippen molar-refractivity contribution in [2.75, 3.05) is 0 Å². The monoisotopic (exact) mass is 172 g/mol. The molecule has 0 aliphatic rings. The molecule has 0 saturated heterocycles. The molecule has 0 rings (SSSR count). The Hall–Kier alpha value is -0.830. The molecular weight excluding hydrogens is 152 g/mol. The number of primary amides is 1. The van der Waals surface area contributed by atoms with Crippen molar-refractivity contribution >= 4 is 5.91 Å². The van der Waals surface area contributed by atoms with E-state index in [2.05, 4.69) is 6.58 Å². The second kappa shape index (κ2) is 5.77. The largest absolute Gasteiger partial charge is 0.366 e. The van der Waals surface area contributed by atoms with Gasteiger partial charge in [-0.1, -0.05) is 13.5 Å². The summed E-state index contributed by atoms with van der Waals surface area (Å²) in [6.07, 6.45) is 0.648. The van der Waals surface area contributed by atoms with Gasteiger partial charge >= 0.3 is 0 Å². The number of hydrogen-bond donors (Lipinski definition) is 2. The summed E-state index contributed by atoms with van der Waals surface area (Å²) >= 11 is 0. The normalized spacial score (nSPS) is 9.75. The number of carbonyl (C=O) groups is 1. The fourth-order valence-electron chi connectivity index (χ4n) is 0.174. The Morgan fingerprint density at radius 1 is 1.42 bits per heavy atom. The smallest absolute Gasteiger partial charge is 0.244 e. The van der Waals surface area contributed by atoms with Crippen molar-refractivity contribution < 1.29 is 4.79 Å². The lowest BCUT2D eigenvalue weighted by atomic mass is 10.1. The van der Waals surface area contributed by atoms with Crippen molar-refractivity contribution in [3.05, 3.63) is 12.2 Å². The first-order chi connectivity index (χ1) is 5.18. The Bertz CT molecular complexity index is 150. The van der Waals surface area contributed by atoms with Gasteiger partial charge in [0.1, 0.15) is 0 Å². The summed E-state index contributed by atoms with van der Waals surface area (Å²) < 4.78 is 0. The van der Waals surface area contributed by atoms with E-state index in [1.54, 1.807) is 0 Å². The molecule has 3 heteroatoms. The summed E-state index contributed by atoms with van der Waals surface area (Å²) in [5.74, 6) is -0.400. The van der Waals surface area contributed by atoms with Crippen molar-refractivity contribution in [1.29, 1.82) is 0 Å². The molecule has 0 aliphatic carbocycles. The highest BCUT2D eigenvalue weighted by molar-refractivity contribution is 5.91. The van der Waals surface area contributed by atoms with Crippen LogP contribution in [0.5, 0.6) is 0 Å². The van der Waals surface area contributed by atoms with Crippen molar-refractivity contribution in [3.63, 3.8) is 0 Å².